The molecule has 0 unspecified atom stereocenters. The van der Waals surface area contributed by atoms with Crippen LogP contribution in [0.15, 0.2) is 4.63 Å². The van der Waals surface area contributed by atoms with Crippen LogP contribution in [0.5, 0.6) is 0 Å². The number of hydroxylamine groups is 1. The lowest BCUT2D eigenvalue weighted by Gasteiger charge is -2.04. The molecule has 0 aliphatic rings. The SMILES string of the molecule is N=C(NO)c1nonc1NCCCNC[SH](=O)=O. The normalized spacial score (nSPS) is 10.6. The highest BCUT2D eigenvalue weighted by Crippen LogP contribution is 2.08. The highest BCUT2D eigenvalue weighted by atomic mass is 32.2. The van der Waals surface area contributed by atoms with E-state index in [-0.39, 0.29) is 23.2 Å². The van der Waals surface area contributed by atoms with Crippen molar-refractivity contribution in [2.45, 2.75) is 6.42 Å². The van der Waals surface area contributed by atoms with E-state index in [0.717, 1.165) is 0 Å². The molecule has 0 atom stereocenters. The van der Waals surface area contributed by atoms with Crippen molar-refractivity contribution in [3.05, 3.63) is 5.69 Å². The van der Waals surface area contributed by atoms with E-state index in [1.165, 1.54) is 0 Å². The molecule has 0 radical (unpaired) electrons. The van der Waals surface area contributed by atoms with E-state index in [1.807, 2.05) is 0 Å². The van der Waals surface area contributed by atoms with Gasteiger partial charge in [-0.3, -0.25) is 16.1 Å². The maximum absolute atomic E-state index is 10.2. The van der Waals surface area contributed by atoms with Crippen LogP contribution in [0.2, 0.25) is 0 Å². The molecule has 102 valence electrons. The van der Waals surface area contributed by atoms with E-state index in [9.17, 15) is 8.42 Å². The summed E-state index contributed by atoms with van der Waals surface area (Å²) in [6, 6.07) is 0. The molecule has 0 aliphatic heterocycles. The second kappa shape index (κ2) is 7.58. The van der Waals surface area contributed by atoms with Crippen molar-refractivity contribution in [2.24, 2.45) is 0 Å². The summed E-state index contributed by atoms with van der Waals surface area (Å²) in [5.74, 6) is -0.151. The fourth-order valence-corrected chi connectivity index (χ4v) is 1.45. The lowest BCUT2D eigenvalue weighted by molar-refractivity contribution is 0.233. The van der Waals surface area contributed by atoms with Gasteiger partial charge in [-0.25, -0.2) is 13.0 Å². The Hall–Kier alpha value is -1.72. The summed E-state index contributed by atoms with van der Waals surface area (Å²) in [6.45, 7) is 1.01. The lowest BCUT2D eigenvalue weighted by atomic mass is 10.3. The molecule has 0 saturated heterocycles. The van der Waals surface area contributed by atoms with Gasteiger partial charge in [0.1, 0.15) is 0 Å². The second-order valence-corrected chi connectivity index (χ2v) is 4.20. The van der Waals surface area contributed by atoms with Crippen LogP contribution in [-0.4, -0.2) is 48.7 Å². The highest BCUT2D eigenvalue weighted by molar-refractivity contribution is 7.72. The molecular weight excluding hydrogens is 264 g/mol. The Labute approximate surface area is 104 Å². The predicted molar refractivity (Wildman–Crippen MR) is 62.3 cm³/mol. The summed E-state index contributed by atoms with van der Waals surface area (Å²) in [7, 11) is -2.41. The number of nitrogens with zero attached hydrogens (tertiary/aromatic N) is 2. The summed E-state index contributed by atoms with van der Waals surface area (Å²) >= 11 is 0. The minimum absolute atomic E-state index is 0.0504. The first-order valence-corrected chi connectivity index (χ1v) is 6.39. The summed E-state index contributed by atoms with van der Waals surface area (Å²) in [5.41, 5.74) is 1.70. The third-order valence-electron chi connectivity index (χ3n) is 1.90. The number of hydrogen-bond donors (Lipinski definition) is 6. The molecule has 1 heterocycles. The van der Waals surface area contributed by atoms with Gasteiger partial charge in [0.05, 0.1) is 5.88 Å². The molecule has 10 nitrogen and oxygen atoms in total. The number of anilines is 1. The van der Waals surface area contributed by atoms with Crippen molar-refractivity contribution in [1.82, 2.24) is 21.1 Å². The Morgan fingerprint density at radius 2 is 2.17 bits per heavy atom. The first kappa shape index (κ1) is 14.3. The standard InChI is InChI=1S/C7H14N6O4S/c8-6(11-14)5-7(13-17-12-5)10-3-1-2-9-4-18(15)16/h9,14,18H,1-4H2,(H2,8,11)(H,10,13). The molecule has 0 saturated carbocycles. The zero-order valence-corrected chi connectivity index (χ0v) is 10.2. The number of nitrogens with one attached hydrogen (secondary N) is 4. The molecule has 18 heavy (non-hydrogen) atoms. The predicted octanol–water partition coefficient (Wildman–Crippen LogP) is -1.67. The molecule has 0 bridgehead atoms. The molecule has 1 aromatic rings. The van der Waals surface area contributed by atoms with Gasteiger partial charge < -0.3 is 10.6 Å². The molecule has 11 heteroatoms. The maximum Gasteiger partial charge on any atom is 0.202 e. The number of thiol groups is 1. The van der Waals surface area contributed by atoms with Crippen LogP contribution in [0.25, 0.3) is 0 Å². The van der Waals surface area contributed by atoms with Crippen molar-refractivity contribution in [3.63, 3.8) is 0 Å². The lowest BCUT2D eigenvalue weighted by Crippen LogP contribution is -2.22. The zero-order valence-electron chi connectivity index (χ0n) is 9.34. The highest BCUT2D eigenvalue weighted by Gasteiger charge is 2.13. The van der Waals surface area contributed by atoms with E-state index in [0.29, 0.717) is 19.5 Å². The number of amidine groups is 1. The van der Waals surface area contributed by atoms with Gasteiger partial charge in [-0.2, -0.15) is 0 Å². The summed E-state index contributed by atoms with van der Waals surface area (Å²) in [5, 5.41) is 28.4. The molecule has 5 N–H and O–H groups in total. The molecule has 0 aliphatic carbocycles. The van der Waals surface area contributed by atoms with Crippen molar-refractivity contribution in [3.8, 4) is 0 Å². The van der Waals surface area contributed by atoms with Crippen molar-refractivity contribution < 1.29 is 18.3 Å². The molecular formula is C7H14N6O4S. The fourth-order valence-electron chi connectivity index (χ4n) is 1.11. The molecule has 0 aromatic carbocycles. The fraction of sp³-hybridized carbons (Fsp3) is 0.571. The summed E-state index contributed by atoms with van der Waals surface area (Å²) < 4.78 is 24.9. The number of rotatable bonds is 8. The number of aromatic nitrogens is 2. The molecule has 0 spiro atoms. The molecule has 1 aromatic heterocycles. The van der Waals surface area contributed by atoms with Gasteiger partial charge in [0, 0.05) is 6.54 Å². The van der Waals surface area contributed by atoms with Crippen LogP contribution >= 0.6 is 0 Å². The Balaban J connectivity index is 2.27. The quantitative estimate of drug-likeness (QED) is 0.108. The van der Waals surface area contributed by atoms with Gasteiger partial charge in [0.2, 0.25) is 5.82 Å². The monoisotopic (exact) mass is 278 g/mol. The molecule has 1 rings (SSSR count). The van der Waals surface area contributed by atoms with Gasteiger partial charge >= 0.3 is 0 Å². The first-order chi connectivity index (χ1) is 8.65. The Bertz CT molecular complexity index is 451. The van der Waals surface area contributed by atoms with Crippen LogP contribution < -0.4 is 16.1 Å². The van der Waals surface area contributed by atoms with Crippen LogP contribution in [0, 0.1) is 5.41 Å². The van der Waals surface area contributed by atoms with Crippen molar-refractivity contribution in [2.75, 3.05) is 24.3 Å². The van der Waals surface area contributed by atoms with Crippen LogP contribution in [0.1, 0.15) is 12.1 Å². The smallest absolute Gasteiger partial charge is 0.202 e. The van der Waals surface area contributed by atoms with E-state index < -0.39 is 10.7 Å². The average Bonchev–Trinajstić information content (AvgIpc) is 2.80. The minimum atomic E-state index is -2.41. The average molecular weight is 278 g/mol. The Morgan fingerprint density at radius 1 is 1.39 bits per heavy atom. The van der Waals surface area contributed by atoms with Crippen molar-refractivity contribution >= 4 is 22.4 Å². The largest absolute Gasteiger partial charge is 0.365 e. The summed E-state index contributed by atoms with van der Waals surface area (Å²) in [4.78, 5) is 0. The molecule has 0 amide bonds. The van der Waals surface area contributed by atoms with E-state index in [1.54, 1.807) is 5.48 Å². The molecule has 0 fully saturated rings. The third kappa shape index (κ3) is 4.65. The van der Waals surface area contributed by atoms with Gasteiger partial charge in [0.15, 0.2) is 22.2 Å². The van der Waals surface area contributed by atoms with Crippen molar-refractivity contribution in [1.29, 1.82) is 5.41 Å². The van der Waals surface area contributed by atoms with Gasteiger partial charge in [-0.1, -0.05) is 0 Å². The van der Waals surface area contributed by atoms with Gasteiger partial charge in [-0.15, -0.1) is 0 Å². The van der Waals surface area contributed by atoms with E-state index in [4.69, 9.17) is 10.6 Å². The first-order valence-electron chi connectivity index (χ1n) is 5.03. The van der Waals surface area contributed by atoms with Crippen LogP contribution in [0.4, 0.5) is 5.82 Å². The summed E-state index contributed by atoms with van der Waals surface area (Å²) in [6.07, 6.45) is 0.648. The second-order valence-electron chi connectivity index (χ2n) is 3.22. The van der Waals surface area contributed by atoms with E-state index in [2.05, 4.69) is 25.6 Å². The van der Waals surface area contributed by atoms with Crippen LogP contribution in [0.3, 0.4) is 0 Å². The van der Waals surface area contributed by atoms with Crippen LogP contribution in [-0.2, 0) is 10.7 Å². The number of hydrogen-bond acceptors (Lipinski definition) is 9. The minimum Gasteiger partial charge on any atom is -0.365 e. The Morgan fingerprint density at radius 3 is 2.83 bits per heavy atom. The van der Waals surface area contributed by atoms with Gasteiger partial charge in [-0.05, 0) is 23.3 Å². The van der Waals surface area contributed by atoms with Gasteiger partial charge in [0.25, 0.3) is 0 Å². The van der Waals surface area contributed by atoms with E-state index >= 15 is 0 Å². The zero-order chi connectivity index (χ0) is 13.4. The topological polar surface area (TPSA) is 153 Å². The third-order valence-corrected chi connectivity index (χ3v) is 2.38. The maximum atomic E-state index is 10.2. The Kier molecular flexibility index (Phi) is 6.04.